The Labute approximate surface area is 169 Å². The van der Waals surface area contributed by atoms with Crippen LogP contribution in [-0.2, 0) is 10.0 Å². The molecule has 0 aliphatic carbocycles. The van der Waals surface area contributed by atoms with Gasteiger partial charge in [-0.15, -0.1) is 0 Å². The Hall–Kier alpha value is -3.13. The summed E-state index contributed by atoms with van der Waals surface area (Å²) < 4.78 is 46.3. The van der Waals surface area contributed by atoms with E-state index in [9.17, 15) is 17.6 Å². The number of methoxy groups -OCH3 is 1. The molecule has 2 aromatic carbocycles. The van der Waals surface area contributed by atoms with Gasteiger partial charge in [-0.3, -0.25) is 9.10 Å². The molecule has 0 saturated carbocycles. The highest BCUT2D eigenvalue weighted by molar-refractivity contribution is 7.93. The summed E-state index contributed by atoms with van der Waals surface area (Å²) in [6.45, 7) is 1.55. The van der Waals surface area contributed by atoms with Crippen LogP contribution in [0.2, 0.25) is 0 Å². The maximum Gasteiger partial charge on any atom is 0.242 e. The van der Waals surface area contributed by atoms with Gasteiger partial charge in [0.1, 0.15) is 22.6 Å². The molecule has 1 heterocycles. The minimum absolute atomic E-state index is 0.109. The van der Waals surface area contributed by atoms with Gasteiger partial charge in [-0.25, -0.2) is 12.8 Å². The number of hydrogen-bond donors (Lipinski definition) is 1. The number of carbonyl (C=O) groups is 1. The minimum atomic E-state index is -3.74. The Morgan fingerprint density at radius 3 is 2.52 bits per heavy atom. The Morgan fingerprint density at radius 1 is 1.14 bits per heavy atom. The van der Waals surface area contributed by atoms with E-state index in [-0.39, 0.29) is 11.1 Å². The predicted octanol–water partition coefficient (Wildman–Crippen LogP) is 3.92. The van der Waals surface area contributed by atoms with Crippen LogP contribution in [-0.4, -0.2) is 33.3 Å². The van der Waals surface area contributed by atoms with Crippen molar-refractivity contribution >= 4 is 21.6 Å². The summed E-state index contributed by atoms with van der Waals surface area (Å²) in [4.78, 5) is 15.6. The molecule has 3 aromatic rings. The summed E-state index contributed by atoms with van der Waals surface area (Å²) in [6.07, 6.45) is 1.63. The van der Waals surface area contributed by atoms with Crippen molar-refractivity contribution in [2.75, 3.05) is 18.5 Å². The molecule has 0 spiro atoms. The van der Waals surface area contributed by atoms with Crippen molar-refractivity contribution in [1.29, 1.82) is 0 Å². The number of aromatic amines is 1. The third-order valence-corrected chi connectivity index (χ3v) is 6.91. The molecular weight excluding hydrogens is 395 g/mol. The number of ketones is 1. The van der Waals surface area contributed by atoms with Crippen LogP contribution in [0.15, 0.2) is 60.8 Å². The van der Waals surface area contributed by atoms with Gasteiger partial charge in [0, 0.05) is 24.9 Å². The lowest BCUT2D eigenvalue weighted by Gasteiger charge is -2.23. The van der Waals surface area contributed by atoms with Gasteiger partial charge in [0.25, 0.3) is 0 Å². The Bertz CT molecular complexity index is 1130. The minimum Gasteiger partial charge on any atom is -0.497 e. The number of rotatable bonds is 7. The van der Waals surface area contributed by atoms with Crippen LogP contribution in [0.3, 0.4) is 0 Å². The van der Waals surface area contributed by atoms with Gasteiger partial charge < -0.3 is 9.72 Å². The third-order valence-electron chi connectivity index (χ3n) is 4.79. The molecule has 1 unspecified atom stereocenters. The first-order chi connectivity index (χ1) is 13.8. The highest BCUT2D eigenvalue weighted by Gasteiger charge is 2.29. The van der Waals surface area contributed by atoms with Crippen LogP contribution in [0.5, 0.6) is 5.75 Å². The number of carbonyl (C=O) groups excluding carboxylic acids is 1. The van der Waals surface area contributed by atoms with Gasteiger partial charge >= 0.3 is 0 Å². The van der Waals surface area contributed by atoms with E-state index < -0.39 is 26.9 Å². The van der Waals surface area contributed by atoms with Crippen LogP contribution < -0.4 is 9.04 Å². The van der Waals surface area contributed by atoms with Crippen LogP contribution in [0.25, 0.3) is 0 Å². The molecule has 6 nitrogen and oxygen atoms in total. The van der Waals surface area contributed by atoms with Gasteiger partial charge in [-0.2, -0.15) is 0 Å². The number of aromatic nitrogens is 1. The molecule has 0 fully saturated rings. The second kappa shape index (κ2) is 8.08. The SMILES string of the molecule is COc1ccc(C(=O)c2cccc(C(C)S(=O)(=O)N(C)c3ccc[nH]3)c2)c(F)c1. The number of halogens is 1. The van der Waals surface area contributed by atoms with E-state index >= 15 is 0 Å². The summed E-state index contributed by atoms with van der Waals surface area (Å²) in [7, 11) is -0.873. The van der Waals surface area contributed by atoms with Crippen molar-refractivity contribution in [3.05, 3.63) is 83.3 Å². The second-order valence-electron chi connectivity index (χ2n) is 6.51. The molecule has 1 N–H and O–H groups in total. The van der Waals surface area contributed by atoms with Crippen molar-refractivity contribution in [1.82, 2.24) is 4.98 Å². The predicted molar refractivity (Wildman–Crippen MR) is 109 cm³/mol. The summed E-state index contributed by atoms with van der Waals surface area (Å²) in [6, 6.07) is 13.6. The maximum atomic E-state index is 14.3. The normalized spacial score (nSPS) is 12.4. The molecule has 3 rings (SSSR count). The zero-order valence-corrected chi connectivity index (χ0v) is 17.0. The van der Waals surface area contributed by atoms with Gasteiger partial charge in [0.2, 0.25) is 10.0 Å². The molecule has 1 aromatic heterocycles. The van der Waals surface area contributed by atoms with Crippen LogP contribution in [0, 0.1) is 5.82 Å². The number of anilines is 1. The average molecular weight is 416 g/mol. The van der Waals surface area contributed by atoms with E-state index in [0.29, 0.717) is 17.1 Å². The topological polar surface area (TPSA) is 79.5 Å². The molecule has 0 amide bonds. The largest absolute Gasteiger partial charge is 0.497 e. The number of sulfonamides is 1. The molecule has 0 aliphatic heterocycles. The zero-order chi connectivity index (χ0) is 21.2. The fourth-order valence-electron chi connectivity index (χ4n) is 2.96. The van der Waals surface area contributed by atoms with Crippen LogP contribution in [0.4, 0.5) is 10.2 Å². The first-order valence-electron chi connectivity index (χ1n) is 8.85. The van der Waals surface area contributed by atoms with E-state index in [1.54, 1.807) is 37.4 Å². The average Bonchev–Trinajstić information content (AvgIpc) is 3.26. The number of H-pyrrole nitrogens is 1. The van der Waals surface area contributed by atoms with E-state index in [4.69, 9.17) is 4.74 Å². The standard InChI is InChI=1S/C21H21FN2O4S/c1-14(29(26,27)24(2)20-8-5-11-23-20)15-6-4-7-16(12-15)21(25)18-10-9-17(28-3)13-19(18)22/h4-14,23H,1-3H3. The first kappa shape index (κ1) is 20.6. The van der Waals surface area contributed by atoms with Crippen molar-refractivity contribution in [3.8, 4) is 5.75 Å². The number of hydrogen-bond acceptors (Lipinski definition) is 4. The fraction of sp³-hybridized carbons (Fsp3) is 0.190. The maximum absolute atomic E-state index is 14.3. The quantitative estimate of drug-likeness (QED) is 0.592. The lowest BCUT2D eigenvalue weighted by Crippen LogP contribution is -2.30. The fourth-order valence-corrected chi connectivity index (χ4v) is 4.31. The molecule has 1 atom stereocenters. The van der Waals surface area contributed by atoms with Gasteiger partial charge in [-0.05, 0) is 42.8 Å². The number of nitrogens with one attached hydrogen (secondary N) is 1. The van der Waals surface area contributed by atoms with E-state index in [2.05, 4.69) is 4.98 Å². The van der Waals surface area contributed by atoms with Gasteiger partial charge in [0.15, 0.2) is 5.78 Å². The van der Waals surface area contributed by atoms with E-state index in [1.165, 1.54) is 38.4 Å². The van der Waals surface area contributed by atoms with Crippen molar-refractivity contribution in [2.24, 2.45) is 0 Å². The Morgan fingerprint density at radius 2 is 1.90 bits per heavy atom. The highest BCUT2D eigenvalue weighted by atomic mass is 32.2. The summed E-state index contributed by atoms with van der Waals surface area (Å²) in [5, 5.41) is -0.913. The Balaban J connectivity index is 1.92. The number of ether oxygens (including phenoxy) is 1. The molecule has 152 valence electrons. The molecule has 0 radical (unpaired) electrons. The summed E-state index contributed by atoms with van der Waals surface area (Å²) in [5.41, 5.74) is 0.529. The first-order valence-corrected chi connectivity index (χ1v) is 10.4. The summed E-state index contributed by atoms with van der Waals surface area (Å²) in [5.74, 6) is -0.495. The highest BCUT2D eigenvalue weighted by Crippen LogP contribution is 2.28. The van der Waals surface area contributed by atoms with E-state index in [1.807, 2.05) is 0 Å². The van der Waals surface area contributed by atoms with E-state index in [0.717, 1.165) is 10.4 Å². The van der Waals surface area contributed by atoms with Gasteiger partial charge in [-0.1, -0.05) is 18.2 Å². The van der Waals surface area contributed by atoms with Crippen molar-refractivity contribution in [3.63, 3.8) is 0 Å². The number of nitrogens with zero attached hydrogens (tertiary/aromatic N) is 1. The monoisotopic (exact) mass is 416 g/mol. The molecule has 0 saturated heterocycles. The lowest BCUT2D eigenvalue weighted by molar-refractivity contribution is 0.103. The second-order valence-corrected chi connectivity index (χ2v) is 8.80. The molecule has 8 heteroatoms. The third kappa shape index (κ3) is 4.02. The van der Waals surface area contributed by atoms with Crippen LogP contribution >= 0.6 is 0 Å². The van der Waals surface area contributed by atoms with Crippen molar-refractivity contribution in [2.45, 2.75) is 12.2 Å². The number of benzene rings is 2. The van der Waals surface area contributed by atoms with Crippen molar-refractivity contribution < 1.29 is 22.3 Å². The Kier molecular flexibility index (Phi) is 5.74. The zero-order valence-electron chi connectivity index (χ0n) is 16.2. The molecule has 0 aliphatic rings. The summed E-state index contributed by atoms with van der Waals surface area (Å²) >= 11 is 0. The van der Waals surface area contributed by atoms with Gasteiger partial charge in [0.05, 0.1) is 12.7 Å². The van der Waals surface area contributed by atoms with Crippen LogP contribution in [0.1, 0.15) is 33.7 Å². The molecule has 29 heavy (non-hydrogen) atoms. The smallest absolute Gasteiger partial charge is 0.242 e. The molecule has 0 bridgehead atoms. The lowest BCUT2D eigenvalue weighted by atomic mass is 10.00. The molecular formula is C21H21FN2O4S.